The van der Waals surface area contributed by atoms with Crippen LogP contribution >= 0.6 is 15.9 Å². The van der Waals surface area contributed by atoms with Crippen LogP contribution in [0.15, 0.2) is 22.7 Å². The minimum atomic E-state index is -2.89. The Balaban J connectivity index is 2.36. The van der Waals surface area contributed by atoms with Gasteiger partial charge in [0.15, 0.2) is 9.84 Å². The van der Waals surface area contributed by atoms with Crippen molar-refractivity contribution < 1.29 is 8.42 Å². The normalized spacial score (nSPS) is 23.1. The molecular formula is C12H17BrN2O2S. The van der Waals surface area contributed by atoms with E-state index in [-0.39, 0.29) is 17.5 Å². The second-order valence-corrected chi connectivity index (χ2v) is 7.68. The largest absolute Gasteiger partial charge is 0.366 e. The summed E-state index contributed by atoms with van der Waals surface area (Å²) in [6, 6.07) is 5.90. The Hall–Kier alpha value is -0.590. The predicted molar refractivity (Wildman–Crippen MR) is 77.5 cm³/mol. The number of hydrogen-bond donors (Lipinski definition) is 1. The lowest BCUT2D eigenvalue weighted by atomic mass is 10.1. The van der Waals surface area contributed by atoms with E-state index >= 15 is 0 Å². The molecule has 1 saturated heterocycles. The van der Waals surface area contributed by atoms with Crippen LogP contribution in [0, 0.1) is 0 Å². The van der Waals surface area contributed by atoms with E-state index in [0.29, 0.717) is 13.1 Å². The van der Waals surface area contributed by atoms with E-state index in [1.54, 1.807) is 0 Å². The molecule has 18 heavy (non-hydrogen) atoms. The molecule has 2 rings (SSSR count). The maximum absolute atomic E-state index is 11.6. The molecule has 0 aromatic heterocycles. The molecule has 2 N–H and O–H groups in total. The summed E-state index contributed by atoms with van der Waals surface area (Å²) in [6.07, 6.45) is 0. The molecule has 1 aromatic carbocycles. The lowest BCUT2D eigenvalue weighted by Crippen LogP contribution is -2.47. The number of nitrogens with zero attached hydrogens (tertiary/aromatic N) is 1. The van der Waals surface area contributed by atoms with Crippen LogP contribution in [-0.2, 0) is 16.4 Å². The molecule has 0 radical (unpaired) electrons. The fraction of sp³-hybridized carbons (Fsp3) is 0.500. The Morgan fingerprint density at radius 3 is 2.83 bits per heavy atom. The summed E-state index contributed by atoms with van der Waals surface area (Å²) in [5.74, 6) is 0.428. The third kappa shape index (κ3) is 2.70. The first kappa shape index (κ1) is 13.8. The Morgan fingerprint density at radius 1 is 1.50 bits per heavy atom. The average Bonchev–Trinajstić information content (AvgIpc) is 2.27. The zero-order valence-corrected chi connectivity index (χ0v) is 12.7. The molecular weight excluding hydrogens is 316 g/mol. The molecule has 0 aliphatic carbocycles. The first-order valence-electron chi connectivity index (χ1n) is 5.89. The second kappa shape index (κ2) is 5.19. The van der Waals surface area contributed by atoms with E-state index < -0.39 is 9.84 Å². The van der Waals surface area contributed by atoms with Gasteiger partial charge in [0.1, 0.15) is 0 Å². The van der Waals surface area contributed by atoms with Gasteiger partial charge in [-0.25, -0.2) is 8.42 Å². The van der Waals surface area contributed by atoms with Crippen molar-refractivity contribution in [2.75, 3.05) is 23.0 Å². The predicted octanol–water partition coefficient (Wildman–Crippen LogP) is 1.53. The highest BCUT2D eigenvalue weighted by atomic mass is 79.9. The number of hydrogen-bond acceptors (Lipinski definition) is 4. The van der Waals surface area contributed by atoms with Crippen LogP contribution in [0.3, 0.4) is 0 Å². The van der Waals surface area contributed by atoms with Gasteiger partial charge in [0.25, 0.3) is 0 Å². The van der Waals surface area contributed by atoms with Gasteiger partial charge in [-0.3, -0.25) is 0 Å². The summed E-state index contributed by atoms with van der Waals surface area (Å²) < 4.78 is 24.2. The number of sulfone groups is 1. The average molecular weight is 333 g/mol. The van der Waals surface area contributed by atoms with Crippen LogP contribution in [0.2, 0.25) is 0 Å². The van der Waals surface area contributed by atoms with Crippen molar-refractivity contribution >= 4 is 31.5 Å². The van der Waals surface area contributed by atoms with Crippen molar-refractivity contribution in [2.24, 2.45) is 5.73 Å². The molecule has 1 fully saturated rings. The van der Waals surface area contributed by atoms with Crippen molar-refractivity contribution in [3.63, 3.8) is 0 Å². The first-order valence-corrected chi connectivity index (χ1v) is 8.50. The standard InChI is InChI=1S/C12H17BrN2O2S/c1-9-8-18(16,17)6-5-15(9)12-4-2-3-11(13)10(12)7-14/h2-4,9H,5-8,14H2,1H3. The number of rotatable bonds is 2. The van der Waals surface area contributed by atoms with Crippen LogP contribution in [0.1, 0.15) is 12.5 Å². The highest BCUT2D eigenvalue weighted by molar-refractivity contribution is 9.10. The molecule has 1 aliphatic heterocycles. The van der Waals surface area contributed by atoms with E-state index in [0.717, 1.165) is 15.7 Å². The van der Waals surface area contributed by atoms with Crippen LogP contribution in [-0.4, -0.2) is 32.5 Å². The number of halogens is 1. The fourth-order valence-electron chi connectivity index (χ4n) is 2.37. The van der Waals surface area contributed by atoms with Crippen LogP contribution in [0.4, 0.5) is 5.69 Å². The van der Waals surface area contributed by atoms with Crippen LogP contribution in [0.25, 0.3) is 0 Å². The zero-order chi connectivity index (χ0) is 13.3. The Kier molecular flexibility index (Phi) is 3.99. The van der Waals surface area contributed by atoms with Gasteiger partial charge in [0, 0.05) is 34.9 Å². The Morgan fingerprint density at radius 2 is 2.22 bits per heavy atom. The highest BCUT2D eigenvalue weighted by Gasteiger charge is 2.29. The molecule has 6 heteroatoms. The van der Waals surface area contributed by atoms with Gasteiger partial charge in [0.2, 0.25) is 0 Å². The van der Waals surface area contributed by atoms with Gasteiger partial charge in [-0.1, -0.05) is 22.0 Å². The molecule has 1 unspecified atom stereocenters. The van der Waals surface area contributed by atoms with Crippen molar-refractivity contribution in [1.29, 1.82) is 0 Å². The van der Waals surface area contributed by atoms with Gasteiger partial charge >= 0.3 is 0 Å². The molecule has 1 aliphatic rings. The van der Waals surface area contributed by atoms with Gasteiger partial charge in [-0.05, 0) is 19.1 Å². The molecule has 0 saturated carbocycles. The van der Waals surface area contributed by atoms with Gasteiger partial charge in [0.05, 0.1) is 11.5 Å². The molecule has 100 valence electrons. The Bertz CT molecular complexity index is 545. The molecule has 0 amide bonds. The van der Waals surface area contributed by atoms with E-state index in [4.69, 9.17) is 5.73 Å². The SMILES string of the molecule is CC1CS(=O)(=O)CCN1c1cccc(Br)c1CN. The van der Waals surface area contributed by atoms with Gasteiger partial charge < -0.3 is 10.6 Å². The summed E-state index contributed by atoms with van der Waals surface area (Å²) in [5, 5.41) is 0. The molecule has 0 bridgehead atoms. The number of benzene rings is 1. The van der Waals surface area contributed by atoms with Crippen molar-refractivity contribution in [1.82, 2.24) is 0 Å². The van der Waals surface area contributed by atoms with Gasteiger partial charge in [-0.15, -0.1) is 0 Å². The lowest BCUT2D eigenvalue weighted by Gasteiger charge is -2.36. The maximum atomic E-state index is 11.6. The zero-order valence-electron chi connectivity index (χ0n) is 10.3. The molecule has 4 nitrogen and oxygen atoms in total. The quantitative estimate of drug-likeness (QED) is 0.892. The third-order valence-corrected chi connectivity index (χ3v) is 5.82. The van der Waals surface area contributed by atoms with Crippen molar-refractivity contribution in [2.45, 2.75) is 19.5 Å². The van der Waals surface area contributed by atoms with E-state index in [9.17, 15) is 8.42 Å². The maximum Gasteiger partial charge on any atom is 0.154 e. The molecule has 1 heterocycles. The summed E-state index contributed by atoms with van der Waals surface area (Å²) in [4.78, 5) is 2.13. The smallest absolute Gasteiger partial charge is 0.154 e. The van der Waals surface area contributed by atoms with Crippen LogP contribution in [0.5, 0.6) is 0 Å². The van der Waals surface area contributed by atoms with Gasteiger partial charge in [-0.2, -0.15) is 0 Å². The van der Waals surface area contributed by atoms with E-state index in [1.807, 2.05) is 25.1 Å². The number of anilines is 1. The second-order valence-electron chi connectivity index (χ2n) is 4.60. The van der Waals surface area contributed by atoms with Crippen LogP contribution < -0.4 is 10.6 Å². The highest BCUT2D eigenvalue weighted by Crippen LogP contribution is 2.30. The topological polar surface area (TPSA) is 63.4 Å². The first-order chi connectivity index (χ1) is 8.44. The fourth-order valence-corrected chi connectivity index (χ4v) is 4.45. The number of nitrogens with two attached hydrogens (primary N) is 1. The molecule has 0 spiro atoms. The minimum Gasteiger partial charge on any atom is -0.366 e. The summed E-state index contributed by atoms with van der Waals surface area (Å²) in [7, 11) is -2.89. The van der Waals surface area contributed by atoms with Crippen molar-refractivity contribution in [3.8, 4) is 0 Å². The van der Waals surface area contributed by atoms with E-state index in [1.165, 1.54) is 0 Å². The summed E-state index contributed by atoms with van der Waals surface area (Å²) in [6.45, 7) is 2.91. The lowest BCUT2D eigenvalue weighted by molar-refractivity contribution is 0.568. The monoisotopic (exact) mass is 332 g/mol. The molecule has 1 atom stereocenters. The Labute approximate surface area is 116 Å². The van der Waals surface area contributed by atoms with Crippen molar-refractivity contribution in [3.05, 3.63) is 28.2 Å². The summed E-state index contributed by atoms with van der Waals surface area (Å²) >= 11 is 3.49. The molecule has 1 aromatic rings. The minimum absolute atomic E-state index is 0.0108. The summed E-state index contributed by atoms with van der Waals surface area (Å²) in [5.41, 5.74) is 7.85. The van der Waals surface area contributed by atoms with E-state index in [2.05, 4.69) is 20.8 Å². The third-order valence-electron chi connectivity index (χ3n) is 3.28.